The van der Waals surface area contributed by atoms with Gasteiger partial charge in [-0.3, -0.25) is 14.4 Å². The molecule has 2 amide bonds. The summed E-state index contributed by atoms with van der Waals surface area (Å²) < 4.78 is 9.86. The summed E-state index contributed by atoms with van der Waals surface area (Å²) in [5.41, 5.74) is 0. The Morgan fingerprint density at radius 2 is 1.31 bits per heavy atom. The monoisotopic (exact) mass is 574 g/mol. The summed E-state index contributed by atoms with van der Waals surface area (Å²) in [4.78, 5) is 48.3. The first-order valence-corrected chi connectivity index (χ1v) is 16.1. The van der Waals surface area contributed by atoms with Gasteiger partial charge in [-0.1, -0.05) is 90.9 Å². The van der Waals surface area contributed by atoms with Crippen molar-refractivity contribution in [2.24, 2.45) is 0 Å². The molecule has 9 nitrogen and oxygen atoms in total. The van der Waals surface area contributed by atoms with Crippen LogP contribution in [-0.2, 0) is 28.7 Å². The van der Waals surface area contributed by atoms with E-state index in [9.17, 15) is 24.3 Å². The summed E-state index contributed by atoms with van der Waals surface area (Å²) in [7, 11) is 1.16. The Bertz CT molecular complexity index is 664. The summed E-state index contributed by atoms with van der Waals surface area (Å²) in [5, 5.41) is 14.4. The third-order valence-corrected chi connectivity index (χ3v) is 7.40. The maximum absolute atomic E-state index is 12.6. The lowest BCUT2D eigenvalue weighted by atomic mass is 10.0. The van der Waals surface area contributed by atoms with E-state index in [0.717, 1.165) is 26.4 Å². The molecule has 3 N–H and O–H groups in total. The van der Waals surface area contributed by atoms with Crippen molar-refractivity contribution in [3.63, 3.8) is 0 Å². The van der Waals surface area contributed by atoms with Crippen molar-refractivity contribution in [1.29, 1.82) is 0 Å². The molecular formula is C29H54N2O7S. The van der Waals surface area contributed by atoms with Crippen LogP contribution < -0.4 is 10.6 Å². The topological polar surface area (TPSA) is 131 Å². The third kappa shape index (κ3) is 21.7. The minimum Gasteiger partial charge on any atom is -0.467 e. The van der Waals surface area contributed by atoms with Crippen LogP contribution in [0.15, 0.2) is 0 Å². The van der Waals surface area contributed by atoms with E-state index in [-0.39, 0.29) is 30.7 Å². The number of thioether (sulfide) groups is 1. The van der Waals surface area contributed by atoms with E-state index in [1.54, 1.807) is 0 Å². The van der Waals surface area contributed by atoms with Gasteiger partial charge in [-0.25, -0.2) is 4.79 Å². The molecule has 0 radical (unpaired) electrons. The molecule has 0 aromatic carbocycles. The van der Waals surface area contributed by atoms with Crippen molar-refractivity contribution in [1.82, 2.24) is 10.6 Å². The molecule has 228 valence electrons. The summed E-state index contributed by atoms with van der Waals surface area (Å²) in [5.74, 6) is -1.15. The van der Waals surface area contributed by atoms with Gasteiger partial charge >= 0.3 is 11.9 Å². The van der Waals surface area contributed by atoms with E-state index in [1.807, 2.05) is 6.92 Å². The number of amides is 2. The van der Waals surface area contributed by atoms with E-state index in [4.69, 9.17) is 4.74 Å². The van der Waals surface area contributed by atoms with Crippen LogP contribution in [0, 0.1) is 0 Å². The Labute approximate surface area is 240 Å². The number of hydrogen-bond donors (Lipinski definition) is 3. The first-order valence-electron chi connectivity index (χ1n) is 14.9. The summed E-state index contributed by atoms with van der Waals surface area (Å²) in [6, 6.07) is -2.10. The smallest absolute Gasteiger partial charge is 0.330 e. The number of aliphatic hydroxyl groups excluding tert-OH is 1. The SMILES string of the molecule is CCCCCCCCCCCCCCCC(=O)OCCSC[C@H](NC(=O)CCC)C(=O)N[C@@H](CO)C(=O)OC. The lowest BCUT2D eigenvalue weighted by Crippen LogP contribution is -2.54. The highest BCUT2D eigenvalue weighted by atomic mass is 32.2. The van der Waals surface area contributed by atoms with Crippen molar-refractivity contribution in [2.75, 3.05) is 31.8 Å². The minimum atomic E-state index is -1.20. The van der Waals surface area contributed by atoms with E-state index in [2.05, 4.69) is 22.3 Å². The zero-order valence-electron chi connectivity index (χ0n) is 24.6. The fraction of sp³-hybridized carbons (Fsp3) is 0.862. The van der Waals surface area contributed by atoms with Gasteiger partial charge in [-0.2, -0.15) is 11.8 Å². The summed E-state index contributed by atoms with van der Waals surface area (Å²) >= 11 is 1.36. The minimum absolute atomic E-state index is 0.215. The highest BCUT2D eigenvalue weighted by Crippen LogP contribution is 2.13. The van der Waals surface area contributed by atoms with E-state index >= 15 is 0 Å². The Morgan fingerprint density at radius 3 is 1.82 bits per heavy atom. The van der Waals surface area contributed by atoms with Crippen molar-refractivity contribution < 1.29 is 33.8 Å². The van der Waals surface area contributed by atoms with Gasteiger partial charge in [0.2, 0.25) is 11.8 Å². The maximum Gasteiger partial charge on any atom is 0.330 e. The van der Waals surface area contributed by atoms with E-state index < -0.39 is 30.6 Å². The second kappa shape index (κ2) is 26.4. The predicted octanol–water partition coefficient (Wildman–Crippen LogP) is 4.68. The number of aliphatic hydroxyl groups is 1. The van der Waals surface area contributed by atoms with Crippen molar-refractivity contribution in [3.8, 4) is 0 Å². The molecule has 0 heterocycles. The molecule has 0 fully saturated rings. The van der Waals surface area contributed by atoms with Crippen molar-refractivity contribution in [3.05, 3.63) is 0 Å². The standard InChI is InChI=1S/C29H54N2O7S/c1-4-6-7-8-9-10-11-12-13-14-15-16-17-19-27(34)38-20-21-39-23-25(30-26(33)18-5-2)28(35)31-24(22-32)29(36)37-3/h24-25,32H,4-23H2,1-3H3,(H,30,33)(H,31,35)/t24-,25-/m0/s1. The zero-order valence-corrected chi connectivity index (χ0v) is 25.4. The molecule has 0 aliphatic carbocycles. The lowest BCUT2D eigenvalue weighted by molar-refractivity contribution is -0.146. The quantitative estimate of drug-likeness (QED) is 0.100. The highest BCUT2D eigenvalue weighted by molar-refractivity contribution is 7.99. The van der Waals surface area contributed by atoms with Gasteiger partial charge in [0.15, 0.2) is 6.04 Å². The molecule has 0 aliphatic rings. The van der Waals surface area contributed by atoms with Crippen LogP contribution in [-0.4, -0.2) is 72.8 Å². The van der Waals surface area contributed by atoms with E-state index in [1.165, 1.54) is 76.0 Å². The average Bonchev–Trinajstić information content (AvgIpc) is 2.92. The molecule has 0 aromatic heterocycles. The molecule has 10 heteroatoms. The molecule has 0 saturated carbocycles. The number of nitrogens with one attached hydrogen (secondary N) is 2. The predicted molar refractivity (Wildman–Crippen MR) is 156 cm³/mol. The number of ether oxygens (including phenoxy) is 2. The number of methoxy groups -OCH3 is 1. The Balaban J connectivity index is 4.02. The molecule has 0 spiro atoms. The van der Waals surface area contributed by atoms with Crippen LogP contribution in [0.25, 0.3) is 0 Å². The van der Waals surface area contributed by atoms with Gasteiger partial charge in [-0.05, 0) is 12.8 Å². The van der Waals surface area contributed by atoms with Crippen LogP contribution in [0.5, 0.6) is 0 Å². The molecule has 0 bridgehead atoms. The number of esters is 2. The van der Waals surface area contributed by atoms with Gasteiger partial charge in [0.1, 0.15) is 12.6 Å². The average molecular weight is 575 g/mol. The van der Waals surface area contributed by atoms with Gasteiger partial charge in [-0.15, -0.1) is 0 Å². The Hall–Kier alpha value is -1.81. The third-order valence-electron chi connectivity index (χ3n) is 6.37. The van der Waals surface area contributed by atoms with Crippen LogP contribution >= 0.6 is 11.8 Å². The molecule has 0 rings (SSSR count). The molecule has 39 heavy (non-hydrogen) atoms. The molecule has 0 saturated heterocycles. The van der Waals surface area contributed by atoms with Crippen LogP contribution in [0.3, 0.4) is 0 Å². The number of unbranched alkanes of at least 4 members (excludes halogenated alkanes) is 12. The maximum atomic E-state index is 12.6. The highest BCUT2D eigenvalue weighted by Gasteiger charge is 2.26. The first-order chi connectivity index (χ1) is 18.9. The lowest BCUT2D eigenvalue weighted by Gasteiger charge is -2.21. The zero-order chi connectivity index (χ0) is 29.1. The first kappa shape index (κ1) is 37.2. The second-order valence-electron chi connectivity index (χ2n) is 9.93. The van der Waals surface area contributed by atoms with Gasteiger partial charge in [0, 0.05) is 24.3 Å². The van der Waals surface area contributed by atoms with Crippen LogP contribution in [0.2, 0.25) is 0 Å². The second-order valence-corrected chi connectivity index (χ2v) is 11.1. The number of carbonyl (C=O) groups excluding carboxylic acids is 4. The molecule has 2 atom stereocenters. The van der Waals surface area contributed by atoms with Gasteiger partial charge < -0.3 is 25.2 Å². The van der Waals surface area contributed by atoms with Crippen molar-refractivity contribution in [2.45, 2.75) is 129 Å². The van der Waals surface area contributed by atoms with Crippen LogP contribution in [0.4, 0.5) is 0 Å². The fourth-order valence-electron chi connectivity index (χ4n) is 4.05. The van der Waals surface area contributed by atoms with Crippen molar-refractivity contribution >= 4 is 35.5 Å². The number of hydrogen-bond acceptors (Lipinski definition) is 8. The normalized spacial score (nSPS) is 12.4. The Morgan fingerprint density at radius 1 is 0.744 bits per heavy atom. The number of rotatable bonds is 26. The summed E-state index contributed by atoms with van der Waals surface area (Å²) in [6.07, 6.45) is 17.6. The molecule has 0 aromatic rings. The molecule has 0 aliphatic heterocycles. The molecule has 0 unspecified atom stereocenters. The largest absolute Gasteiger partial charge is 0.467 e. The van der Waals surface area contributed by atoms with Gasteiger partial charge in [0.05, 0.1) is 13.7 Å². The fourth-order valence-corrected chi connectivity index (χ4v) is 4.88. The van der Waals surface area contributed by atoms with E-state index in [0.29, 0.717) is 18.6 Å². The van der Waals surface area contributed by atoms with Gasteiger partial charge in [0.25, 0.3) is 0 Å². The Kier molecular flexibility index (Phi) is 25.2. The summed E-state index contributed by atoms with van der Waals surface area (Å²) in [6.45, 7) is 3.71. The number of carbonyl (C=O) groups is 4. The van der Waals surface area contributed by atoms with Crippen LogP contribution in [0.1, 0.15) is 117 Å². The molecular weight excluding hydrogens is 520 g/mol.